The van der Waals surface area contributed by atoms with Crippen LogP contribution in [0.3, 0.4) is 0 Å². The van der Waals surface area contributed by atoms with Crippen LogP contribution in [-0.2, 0) is 4.79 Å². The Hall–Kier alpha value is -1.58. The van der Waals surface area contributed by atoms with Gasteiger partial charge >= 0.3 is 0 Å². The number of rotatable bonds is 3. The lowest BCUT2D eigenvalue weighted by Gasteiger charge is -2.19. The average molecular weight is 206 g/mol. The lowest BCUT2D eigenvalue weighted by Crippen LogP contribution is -2.21. The lowest BCUT2D eigenvalue weighted by molar-refractivity contribution is -0.118. The van der Waals surface area contributed by atoms with E-state index in [-0.39, 0.29) is 6.04 Å². The molecule has 15 heavy (non-hydrogen) atoms. The highest BCUT2D eigenvalue weighted by atomic mass is 16.5. The molecular formula is C11H14N2O2. The Morgan fingerprint density at radius 2 is 2.47 bits per heavy atom. The number of hydrogen-bond acceptors (Lipinski definition) is 3. The fourth-order valence-corrected chi connectivity index (χ4v) is 1.98. The number of pyridine rings is 1. The van der Waals surface area contributed by atoms with Crippen molar-refractivity contribution in [1.29, 1.82) is 0 Å². The van der Waals surface area contributed by atoms with Crippen LogP contribution >= 0.6 is 0 Å². The second kappa shape index (κ2) is 4.29. The van der Waals surface area contributed by atoms with Gasteiger partial charge in [0.05, 0.1) is 13.2 Å². The van der Waals surface area contributed by atoms with Crippen molar-refractivity contribution in [2.24, 2.45) is 0 Å². The Labute approximate surface area is 88.9 Å². The van der Waals surface area contributed by atoms with Crippen molar-refractivity contribution in [3.8, 4) is 5.88 Å². The Balaban J connectivity index is 2.17. The van der Waals surface area contributed by atoms with Gasteiger partial charge in [-0.2, -0.15) is 0 Å². The number of hydrogen-bond donors (Lipinski definition) is 0. The summed E-state index contributed by atoms with van der Waals surface area (Å²) >= 11 is 0. The largest absolute Gasteiger partial charge is 0.481 e. The molecule has 0 radical (unpaired) electrons. The van der Waals surface area contributed by atoms with E-state index in [4.69, 9.17) is 4.74 Å². The van der Waals surface area contributed by atoms with Crippen LogP contribution in [0.2, 0.25) is 0 Å². The highest BCUT2D eigenvalue weighted by Gasteiger charge is 2.24. The van der Waals surface area contributed by atoms with Crippen LogP contribution in [0.15, 0.2) is 18.3 Å². The third-order valence-corrected chi connectivity index (χ3v) is 2.78. The van der Waals surface area contributed by atoms with Gasteiger partial charge in [0.1, 0.15) is 0 Å². The summed E-state index contributed by atoms with van der Waals surface area (Å²) in [6, 6.07) is 4.00. The second-order valence-electron chi connectivity index (χ2n) is 3.64. The highest BCUT2D eigenvalue weighted by Crippen LogP contribution is 2.30. The predicted octanol–water partition coefficient (Wildman–Crippen LogP) is 1.38. The molecule has 1 atom stereocenters. The fraction of sp³-hybridized carbons (Fsp3) is 0.455. The van der Waals surface area contributed by atoms with Crippen LogP contribution in [0.25, 0.3) is 0 Å². The van der Waals surface area contributed by atoms with Gasteiger partial charge in [-0.3, -0.25) is 4.79 Å². The van der Waals surface area contributed by atoms with E-state index in [1.165, 1.54) is 0 Å². The van der Waals surface area contributed by atoms with Crippen molar-refractivity contribution in [2.75, 3.05) is 13.7 Å². The van der Waals surface area contributed by atoms with Crippen LogP contribution < -0.4 is 4.74 Å². The number of aromatic nitrogens is 1. The van der Waals surface area contributed by atoms with Crippen LogP contribution in [0, 0.1) is 0 Å². The zero-order valence-electron chi connectivity index (χ0n) is 8.72. The molecule has 1 aliphatic rings. The minimum Gasteiger partial charge on any atom is -0.481 e. The first-order valence-electron chi connectivity index (χ1n) is 5.06. The van der Waals surface area contributed by atoms with E-state index in [0.29, 0.717) is 5.88 Å². The summed E-state index contributed by atoms with van der Waals surface area (Å²) in [7, 11) is 1.59. The predicted molar refractivity (Wildman–Crippen MR) is 55.5 cm³/mol. The molecule has 0 aliphatic carbocycles. The van der Waals surface area contributed by atoms with Crippen LogP contribution in [-0.4, -0.2) is 29.9 Å². The monoisotopic (exact) mass is 206 g/mol. The maximum absolute atomic E-state index is 10.8. The van der Waals surface area contributed by atoms with Gasteiger partial charge in [-0.15, -0.1) is 0 Å². The van der Waals surface area contributed by atoms with Crippen LogP contribution in [0.1, 0.15) is 24.4 Å². The molecule has 1 aliphatic heterocycles. The van der Waals surface area contributed by atoms with Crippen molar-refractivity contribution in [3.05, 3.63) is 23.9 Å². The summed E-state index contributed by atoms with van der Waals surface area (Å²) < 4.78 is 4.99. The molecule has 1 fully saturated rings. The van der Waals surface area contributed by atoms with Gasteiger partial charge in [0.2, 0.25) is 12.3 Å². The van der Waals surface area contributed by atoms with Crippen LogP contribution in [0.4, 0.5) is 0 Å². The maximum Gasteiger partial charge on any atom is 0.212 e. The van der Waals surface area contributed by atoms with Gasteiger partial charge in [0.25, 0.3) is 0 Å². The number of nitrogens with zero attached hydrogens (tertiary/aromatic N) is 2. The van der Waals surface area contributed by atoms with Crippen molar-refractivity contribution in [3.63, 3.8) is 0 Å². The molecule has 1 amide bonds. The summed E-state index contributed by atoms with van der Waals surface area (Å²) in [4.78, 5) is 16.8. The van der Waals surface area contributed by atoms with Crippen molar-refractivity contribution in [1.82, 2.24) is 9.88 Å². The first kappa shape index (κ1) is 9.96. The van der Waals surface area contributed by atoms with Crippen molar-refractivity contribution < 1.29 is 9.53 Å². The van der Waals surface area contributed by atoms with Gasteiger partial charge in [-0.05, 0) is 18.4 Å². The average Bonchev–Trinajstić information content (AvgIpc) is 2.77. The molecule has 2 rings (SSSR count). The minimum atomic E-state index is 0.195. The second-order valence-corrected chi connectivity index (χ2v) is 3.64. The standard InChI is InChI=1S/C11H14N2O2/c1-15-11-5-4-9(7-12-11)10-3-2-6-13(10)8-14/h4-5,7-8,10H,2-3,6H2,1H3. The van der Waals surface area contributed by atoms with E-state index in [1.54, 1.807) is 13.3 Å². The zero-order chi connectivity index (χ0) is 10.7. The maximum atomic E-state index is 10.8. The molecule has 1 unspecified atom stereocenters. The number of methoxy groups -OCH3 is 1. The van der Waals surface area contributed by atoms with Crippen molar-refractivity contribution in [2.45, 2.75) is 18.9 Å². The Kier molecular flexibility index (Phi) is 2.85. The zero-order valence-corrected chi connectivity index (χ0v) is 8.72. The normalized spacial score (nSPS) is 20.3. The summed E-state index contributed by atoms with van der Waals surface area (Å²) in [6.45, 7) is 0.847. The topological polar surface area (TPSA) is 42.4 Å². The van der Waals surface area contributed by atoms with E-state index in [0.717, 1.165) is 31.4 Å². The quantitative estimate of drug-likeness (QED) is 0.702. The van der Waals surface area contributed by atoms with E-state index in [9.17, 15) is 4.79 Å². The molecule has 4 nitrogen and oxygen atoms in total. The molecule has 1 aromatic heterocycles. The van der Waals surface area contributed by atoms with Gasteiger partial charge in [0, 0.05) is 18.8 Å². The third-order valence-electron chi connectivity index (χ3n) is 2.78. The molecule has 0 spiro atoms. The van der Waals surface area contributed by atoms with Gasteiger partial charge in [0.15, 0.2) is 0 Å². The summed E-state index contributed by atoms with van der Waals surface area (Å²) in [6.07, 6.45) is 4.79. The summed E-state index contributed by atoms with van der Waals surface area (Å²) in [5.41, 5.74) is 1.08. The molecule has 1 aromatic rings. The van der Waals surface area contributed by atoms with Crippen molar-refractivity contribution >= 4 is 6.41 Å². The van der Waals surface area contributed by atoms with E-state index < -0.39 is 0 Å². The first-order valence-corrected chi connectivity index (χ1v) is 5.06. The molecule has 80 valence electrons. The van der Waals surface area contributed by atoms with Gasteiger partial charge in [-0.25, -0.2) is 4.98 Å². The van der Waals surface area contributed by atoms with E-state index in [2.05, 4.69) is 4.98 Å². The Morgan fingerprint density at radius 3 is 3.07 bits per heavy atom. The number of carbonyl (C=O) groups is 1. The Bertz CT molecular complexity index is 337. The first-order chi connectivity index (χ1) is 7.35. The number of likely N-dealkylation sites (tertiary alicyclic amines) is 1. The molecule has 0 N–H and O–H groups in total. The fourth-order valence-electron chi connectivity index (χ4n) is 1.98. The molecule has 1 saturated heterocycles. The number of ether oxygens (including phenoxy) is 1. The van der Waals surface area contributed by atoms with E-state index >= 15 is 0 Å². The summed E-state index contributed by atoms with van der Waals surface area (Å²) in [5, 5.41) is 0. The lowest BCUT2D eigenvalue weighted by atomic mass is 10.1. The van der Waals surface area contributed by atoms with E-state index in [1.807, 2.05) is 17.0 Å². The molecule has 0 aromatic carbocycles. The van der Waals surface area contributed by atoms with Gasteiger partial charge in [-0.1, -0.05) is 6.07 Å². The molecule has 0 bridgehead atoms. The Morgan fingerprint density at radius 1 is 1.60 bits per heavy atom. The number of carbonyl (C=O) groups excluding carboxylic acids is 1. The molecule has 4 heteroatoms. The molecule has 2 heterocycles. The number of amides is 1. The molecule has 0 saturated carbocycles. The SMILES string of the molecule is COc1ccc(C2CCCN2C=O)cn1. The third kappa shape index (κ3) is 1.93. The summed E-state index contributed by atoms with van der Waals surface area (Å²) in [5.74, 6) is 0.606. The molecular weight excluding hydrogens is 192 g/mol. The van der Waals surface area contributed by atoms with Crippen LogP contribution in [0.5, 0.6) is 5.88 Å². The highest BCUT2D eigenvalue weighted by molar-refractivity contribution is 5.49. The minimum absolute atomic E-state index is 0.195. The van der Waals surface area contributed by atoms with Gasteiger partial charge < -0.3 is 9.64 Å². The smallest absolute Gasteiger partial charge is 0.212 e.